The van der Waals surface area contributed by atoms with Crippen molar-refractivity contribution in [2.45, 2.75) is 40.2 Å². The van der Waals surface area contributed by atoms with E-state index in [0.717, 1.165) is 12.8 Å². The largest absolute Gasteiger partial charge is 0.383 e. The third kappa shape index (κ3) is 6.39. The summed E-state index contributed by atoms with van der Waals surface area (Å²) >= 11 is 0. The number of benzene rings is 1. The summed E-state index contributed by atoms with van der Waals surface area (Å²) in [5.41, 5.74) is 5.71. The second-order valence-corrected chi connectivity index (χ2v) is 9.33. The van der Waals surface area contributed by atoms with Crippen LogP contribution in [-0.4, -0.2) is 70.4 Å². The zero-order valence-corrected chi connectivity index (χ0v) is 20.8. The summed E-state index contributed by atoms with van der Waals surface area (Å²) < 4.78 is 1.33. The van der Waals surface area contributed by atoms with E-state index in [-0.39, 0.29) is 35.8 Å². The number of hydrogen-bond acceptors (Lipinski definition) is 6. The summed E-state index contributed by atoms with van der Waals surface area (Å²) in [6, 6.07) is 9.14. The van der Waals surface area contributed by atoms with Gasteiger partial charge in [0.15, 0.2) is 5.69 Å². The predicted molar refractivity (Wildman–Crippen MR) is 137 cm³/mol. The maximum atomic E-state index is 13.4. The number of hydrogen-bond donors (Lipinski definition) is 2. The van der Waals surface area contributed by atoms with Crippen LogP contribution in [0.2, 0.25) is 0 Å². The highest BCUT2D eigenvalue weighted by Gasteiger charge is 2.28. The lowest BCUT2D eigenvalue weighted by Crippen LogP contribution is -2.52. The average molecular weight is 485 g/mol. The fourth-order valence-electron chi connectivity index (χ4n) is 4.21. The maximum absolute atomic E-state index is 13.4. The molecule has 1 fully saturated rings. The van der Waals surface area contributed by atoms with Crippen LogP contribution in [0.1, 0.15) is 44.0 Å². The van der Waals surface area contributed by atoms with Crippen molar-refractivity contribution in [3.8, 4) is 0 Å². The van der Waals surface area contributed by atoms with E-state index < -0.39 is 11.2 Å². The molecule has 0 saturated carbocycles. The second-order valence-electron chi connectivity index (χ2n) is 9.33. The highest BCUT2D eigenvalue weighted by molar-refractivity contribution is 5.97. The highest BCUT2D eigenvalue weighted by atomic mass is 16.2. The van der Waals surface area contributed by atoms with Crippen molar-refractivity contribution in [2.75, 3.05) is 49.9 Å². The lowest BCUT2D eigenvalue weighted by Gasteiger charge is -2.35. The molecule has 1 aliphatic rings. The van der Waals surface area contributed by atoms with E-state index in [1.165, 1.54) is 9.47 Å². The first kappa shape index (κ1) is 26.2. The molecule has 190 valence electrons. The summed E-state index contributed by atoms with van der Waals surface area (Å²) in [4.78, 5) is 58.7. The van der Waals surface area contributed by atoms with Crippen molar-refractivity contribution in [3.05, 3.63) is 56.7 Å². The minimum Gasteiger partial charge on any atom is -0.383 e. The van der Waals surface area contributed by atoms with Crippen molar-refractivity contribution in [3.63, 3.8) is 0 Å². The van der Waals surface area contributed by atoms with Gasteiger partial charge >= 0.3 is 5.69 Å². The Hall–Kier alpha value is -3.40. The number of nitrogens with two attached hydrogens (primary N) is 1. The van der Waals surface area contributed by atoms with Gasteiger partial charge in [-0.1, -0.05) is 45.4 Å². The minimum absolute atomic E-state index is 0.0134. The van der Waals surface area contributed by atoms with E-state index in [1.54, 1.807) is 17.0 Å². The SMILES string of the molecule is CCCCn1c(N)c(N(CC(C)C)C(=O)CN2CCN(C(=O)c3ccccc3)CC2)c(=O)[nH]c1=O. The molecule has 1 aromatic carbocycles. The summed E-state index contributed by atoms with van der Waals surface area (Å²) in [7, 11) is 0. The number of aromatic amines is 1. The third-order valence-electron chi connectivity index (χ3n) is 6.11. The van der Waals surface area contributed by atoms with Gasteiger partial charge in [-0.2, -0.15) is 0 Å². The molecule has 0 bridgehead atoms. The van der Waals surface area contributed by atoms with Crippen molar-refractivity contribution >= 4 is 23.3 Å². The Bertz CT molecular complexity index is 1130. The summed E-state index contributed by atoms with van der Waals surface area (Å²) in [5.74, 6) is -0.195. The van der Waals surface area contributed by atoms with E-state index in [2.05, 4.69) is 4.98 Å². The number of nitrogens with one attached hydrogen (secondary N) is 1. The molecule has 10 nitrogen and oxygen atoms in total. The number of carbonyl (C=O) groups excluding carboxylic acids is 2. The fraction of sp³-hybridized carbons (Fsp3) is 0.520. The number of amides is 2. The Morgan fingerprint density at radius 1 is 1.09 bits per heavy atom. The van der Waals surface area contributed by atoms with E-state index in [1.807, 2.05) is 43.9 Å². The van der Waals surface area contributed by atoms with Crippen LogP contribution < -0.4 is 21.9 Å². The van der Waals surface area contributed by atoms with Crippen LogP contribution in [0.5, 0.6) is 0 Å². The van der Waals surface area contributed by atoms with Crippen LogP contribution in [0.4, 0.5) is 11.5 Å². The number of aromatic nitrogens is 2. The zero-order valence-electron chi connectivity index (χ0n) is 20.8. The Morgan fingerprint density at radius 2 is 1.74 bits per heavy atom. The van der Waals surface area contributed by atoms with Crippen LogP contribution in [0.3, 0.4) is 0 Å². The first-order chi connectivity index (χ1) is 16.7. The Morgan fingerprint density at radius 3 is 2.34 bits per heavy atom. The van der Waals surface area contributed by atoms with Crippen molar-refractivity contribution in [1.82, 2.24) is 19.4 Å². The molecule has 0 radical (unpaired) electrons. The van der Waals surface area contributed by atoms with Crippen LogP contribution >= 0.6 is 0 Å². The number of rotatable bonds is 9. The molecule has 0 aliphatic carbocycles. The monoisotopic (exact) mass is 484 g/mol. The molecule has 3 rings (SSSR count). The molecule has 1 aliphatic heterocycles. The number of nitrogen functional groups attached to an aromatic ring is 1. The Kier molecular flexibility index (Phi) is 8.86. The first-order valence-corrected chi connectivity index (χ1v) is 12.2. The average Bonchev–Trinajstić information content (AvgIpc) is 2.83. The molecule has 0 unspecified atom stereocenters. The fourth-order valence-corrected chi connectivity index (χ4v) is 4.21. The normalized spacial score (nSPS) is 14.3. The van der Waals surface area contributed by atoms with Gasteiger partial charge in [0.2, 0.25) is 5.91 Å². The van der Waals surface area contributed by atoms with Gasteiger partial charge in [0.25, 0.3) is 11.5 Å². The molecule has 35 heavy (non-hydrogen) atoms. The lowest BCUT2D eigenvalue weighted by atomic mass is 10.1. The maximum Gasteiger partial charge on any atom is 0.330 e. The standard InChI is InChI=1S/C25H36N6O4/c1-4-5-11-30-22(26)21(23(33)27-25(30)35)31(16-18(2)3)20(32)17-28-12-14-29(15-13-28)24(34)19-9-7-6-8-10-19/h6-10,18H,4-5,11-17,26H2,1-3H3,(H,27,33,35). The van der Waals surface area contributed by atoms with Crippen molar-refractivity contribution in [2.24, 2.45) is 5.92 Å². The molecule has 1 aromatic heterocycles. The van der Waals surface area contributed by atoms with Crippen LogP contribution in [-0.2, 0) is 11.3 Å². The molecule has 2 amide bonds. The van der Waals surface area contributed by atoms with E-state index in [4.69, 9.17) is 5.73 Å². The molecule has 2 heterocycles. The Labute approximate surface area is 205 Å². The number of carbonyl (C=O) groups is 2. The number of piperazine rings is 1. The zero-order chi connectivity index (χ0) is 25.5. The molecule has 3 N–H and O–H groups in total. The van der Waals surface area contributed by atoms with Gasteiger partial charge in [-0.05, 0) is 24.5 Å². The summed E-state index contributed by atoms with van der Waals surface area (Å²) in [5, 5.41) is 0. The number of anilines is 2. The van der Waals surface area contributed by atoms with Gasteiger partial charge in [0, 0.05) is 44.8 Å². The van der Waals surface area contributed by atoms with Gasteiger partial charge in [0.05, 0.1) is 6.54 Å². The second kappa shape index (κ2) is 11.8. The molecular formula is C25H36N6O4. The van der Waals surface area contributed by atoms with Gasteiger partial charge in [-0.15, -0.1) is 0 Å². The minimum atomic E-state index is -0.660. The third-order valence-corrected chi connectivity index (χ3v) is 6.11. The predicted octanol–water partition coefficient (Wildman–Crippen LogP) is 1.37. The molecule has 1 saturated heterocycles. The van der Waals surface area contributed by atoms with Gasteiger partial charge in [-0.25, -0.2) is 4.79 Å². The van der Waals surface area contributed by atoms with Gasteiger partial charge < -0.3 is 15.5 Å². The van der Waals surface area contributed by atoms with Crippen LogP contribution in [0.25, 0.3) is 0 Å². The molecule has 0 atom stereocenters. The summed E-state index contributed by atoms with van der Waals surface area (Å²) in [6.07, 6.45) is 1.58. The lowest BCUT2D eigenvalue weighted by molar-refractivity contribution is -0.120. The van der Waals surface area contributed by atoms with E-state index in [0.29, 0.717) is 44.8 Å². The van der Waals surface area contributed by atoms with E-state index >= 15 is 0 Å². The molecule has 2 aromatic rings. The Balaban J connectivity index is 1.74. The number of H-pyrrole nitrogens is 1. The summed E-state index contributed by atoms with van der Waals surface area (Å²) in [6.45, 7) is 8.76. The first-order valence-electron chi connectivity index (χ1n) is 12.2. The smallest absolute Gasteiger partial charge is 0.330 e. The van der Waals surface area contributed by atoms with Crippen molar-refractivity contribution in [1.29, 1.82) is 0 Å². The van der Waals surface area contributed by atoms with Gasteiger partial charge in [-0.3, -0.25) is 28.8 Å². The van der Waals surface area contributed by atoms with Gasteiger partial charge in [0.1, 0.15) is 5.82 Å². The van der Waals surface area contributed by atoms with E-state index in [9.17, 15) is 19.2 Å². The molecule has 10 heteroatoms. The topological polar surface area (TPSA) is 125 Å². The van der Waals surface area contributed by atoms with Crippen LogP contribution in [0.15, 0.2) is 39.9 Å². The number of nitrogens with zero attached hydrogens (tertiary/aromatic N) is 4. The molecule has 0 spiro atoms. The quantitative estimate of drug-likeness (QED) is 0.554. The highest BCUT2D eigenvalue weighted by Crippen LogP contribution is 2.19. The van der Waals surface area contributed by atoms with Crippen molar-refractivity contribution < 1.29 is 9.59 Å². The van der Waals surface area contributed by atoms with Crippen LogP contribution in [0, 0.1) is 5.92 Å². The number of unbranched alkanes of at least 4 members (excludes halogenated alkanes) is 1. The molecular weight excluding hydrogens is 448 g/mol.